The second-order valence-corrected chi connectivity index (χ2v) is 3.51. The lowest BCUT2D eigenvalue weighted by Crippen LogP contribution is -2.07. The second kappa shape index (κ2) is 3.85. The Bertz CT molecular complexity index is 501. The molecule has 0 aliphatic heterocycles. The first kappa shape index (κ1) is 9.90. The van der Waals surface area contributed by atoms with Crippen molar-refractivity contribution in [1.29, 1.82) is 0 Å². The number of carbonyl (C=O) groups excluding carboxylic acids is 1. The van der Waals surface area contributed by atoms with E-state index in [9.17, 15) is 9.18 Å². The predicted molar refractivity (Wildman–Crippen MR) is 57.2 cm³/mol. The fourth-order valence-corrected chi connectivity index (χ4v) is 1.65. The molecule has 15 heavy (non-hydrogen) atoms. The number of aromatic nitrogens is 1. The molecule has 0 saturated heterocycles. The van der Waals surface area contributed by atoms with Crippen LogP contribution in [0.4, 0.5) is 4.39 Å². The van der Waals surface area contributed by atoms with Crippen LogP contribution in [0.25, 0.3) is 10.9 Å². The SMILES string of the molecule is CCC(=O)Cn1ccc2cccc(F)c21. The van der Waals surface area contributed by atoms with Crippen LogP contribution in [0.5, 0.6) is 0 Å². The van der Waals surface area contributed by atoms with Crippen LogP contribution in [-0.4, -0.2) is 10.4 Å². The summed E-state index contributed by atoms with van der Waals surface area (Å²) >= 11 is 0. The average Bonchev–Trinajstić information content (AvgIpc) is 2.63. The summed E-state index contributed by atoms with van der Waals surface area (Å²) in [6, 6.07) is 6.74. The molecule has 0 spiro atoms. The van der Waals surface area contributed by atoms with E-state index in [1.807, 2.05) is 19.1 Å². The van der Waals surface area contributed by atoms with E-state index in [1.54, 1.807) is 16.8 Å². The molecule has 0 N–H and O–H groups in total. The Kier molecular flexibility index (Phi) is 2.54. The third-order valence-electron chi connectivity index (χ3n) is 2.48. The van der Waals surface area contributed by atoms with E-state index in [2.05, 4.69) is 0 Å². The summed E-state index contributed by atoms with van der Waals surface area (Å²) in [5, 5.41) is 0.832. The Labute approximate surface area is 87.3 Å². The number of para-hydroxylation sites is 1. The Morgan fingerprint density at radius 2 is 2.20 bits per heavy atom. The highest BCUT2D eigenvalue weighted by Crippen LogP contribution is 2.18. The third-order valence-corrected chi connectivity index (χ3v) is 2.48. The van der Waals surface area contributed by atoms with Crippen molar-refractivity contribution < 1.29 is 9.18 Å². The number of ketones is 1. The van der Waals surface area contributed by atoms with Crippen molar-refractivity contribution in [3.05, 3.63) is 36.3 Å². The van der Waals surface area contributed by atoms with Crippen molar-refractivity contribution in [2.24, 2.45) is 0 Å². The van der Waals surface area contributed by atoms with Gasteiger partial charge in [-0.15, -0.1) is 0 Å². The molecule has 2 aromatic rings. The van der Waals surface area contributed by atoms with Crippen molar-refractivity contribution in [2.75, 3.05) is 0 Å². The Morgan fingerprint density at radius 1 is 1.40 bits per heavy atom. The number of hydrogen-bond acceptors (Lipinski definition) is 1. The third kappa shape index (κ3) is 1.77. The average molecular weight is 205 g/mol. The van der Waals surface area contributed by atoms with E-state index in [0.29, 0.717) is 11.9 Å². The van der Waals surface area contributed by atoms with E-state index in [0.717, 1.165) is 5.39 Å². The molecule has 1 aromatic carbocycles. The lowest BCUT2D eigenvalue weighted by molar-refractivity contribution is -0.119. The molecule has 2 nitrogen and oxygen atoms in total. The molecule has 2 rings (SSSR count). The maximum absolute atomic E-state index is 13.5. The first-order valence-electron chi connectivity index (χ1n) is 4.97. The summed E-state index contributed by atoms with van der Waals surface area (Å²) in [4.78, 5) is 11.3. The van der Waals surface area contributed by atoms with Gasteiger partial charge in [0.05, 0.1) is 12.1 Å². The highest BCUT2D eigenvalue weighted by atomic mass is 19.1. The standard InChI is InChI=1S/C12H12FNO/c1-2-10(15)8-14-7-6-9-4-3-5-11(13)12(9)14/h3-7H,2,8H2,1H3. The Morgan fingerprint density at radius 3 is 2.93 bits per heavy atom. The number of fused-ring (bicyclic) bond motifs is 1. The fourth-order valence-electron chi connectivity index (χ4n) is 1.65. The largest absolute Gasteiger partial charge is 0.338 e. The molecule has 0 aliphatic carbocycles. The summed E-state index contributed by atoms with van der Waals surface area (Å²) in [5.74, 6) is -0.169. The molecule has 1 aromatic heterocycles. The van der Waals surface area contributed by atoms with Gasteiger partial charge in [-0.25, -0.2) is 4.39 Å². The Balaban J connectivity index is 2.48. The summed E-state index contributed by atoms with van der Waals surface area (Å²) in [6.45, 7) is 2.06. The quantitative estimate of drug-likeness (QED) is 0.755. The summed E-state index contributed by atoms with van der Waals surface area (Å²) < 4.78 is 15.2. The zero-order chi connectivity index (χ0) is 10.8. The normalized spacial score (nSPS) is 10.8. The fraction of sp³-hybridized carbons (Fsp3) is 0.250. The molecule has 0 radical (unpaired) electrons. The number of Topliss-reactive ketones (excluding diaryl/α,β-unsaturated/α-hetero) is 1. The van der Waals surface area contributed by atoms with Gasteiger partial charge in [0.25, 0.3) is 0 Å². The lowest BCUT2D eigenvalue weighted by Gasteiger charge is -2.03. The minimum Gasteiger partial charge on any atom is -0.338 e. The molecule has 0 fully saturated rings. The summed E-state index contributed by atoms with van der Waals surface area (Å²) in [7, 11) is 0. The summed E-state index contributed by atoms with van der Waals surface area (Å²) in [5.41, 5.74) is 0.513. The number of halogens is 1. The van der Waals surface area contributed by atoms with Crippen LogP contribution < -0.4 is 0 Å². The van der Waals surface area contributed by atoms with Crippen LogP contribution in [-0.2, 0) is 11.3 Å². The van der Waals surface area contributed by atoms with E-state index in [1.165, 1.54) is 6.07 Å². The van der Waals surface area contributed by atoms with Gasteiger partial charge in [-0.2, -0.15) is 0 Å². The van der Waals surface area contributed by atoms with Crippen LogP contribution in [0, 0.1) is 5.82 Å². The van der Waals surface area contributed by atoms with Crippen molar-refractivity contribution in [2.45, 2.75) is 19.9 Å². The highest BCUT2D eigenvalue weighted by Gasteiger charge is 2.08. The molecule has 1 heterocycles. The van der Waals surface area contributed by atoms with Gasteiger partial charge in [0.15, 0.2) is 5.78 Å². The van der Waals surface area contributed by atoms with E-state index >= 15 is 0 Å². The van der Waals surface area contributed by atoms with E-state index in [-0.39, 0.29) is 18.1 Å². The van der Waals surface area contributed by atoms with E-state index in [4.69, 9.17) is 0 Å². The zero-order valence-electron chi connectivity index (χ0n) is 8.53. The van der Waals surface area contributed by atoms with Crippen molar-refractivity contribution in [1.82, 2.24) is 4.57 Å². The molecule has 0 unspecified atom stereocenters. The van der Waals surface area contributed by atoms with Gasteiger partial charge in [-0.05, 0) is 12.1 Å². The number of carbonyl (C=O) groups is 1. The topological polar surface area (TPSA) is 22.0 Å². The van der Waals surface area contributed by atoms with Crippen molar-refractivity contribution in [3.8, 4) is 0 Å². The van der Waals surface area contributed by atoms with Crippen LogP contribution >= 0.6 is 0 Å². The van der Waals surface area contributed by atoms with Crippen molar-refractivity contribution in [3.63, 3.8) is 0 Å². The monoisotopic (exact) mass is 205 g/mol. The first-order chi connectivity index (χ1) is 7.22. The van der Waals surface area contributed by atoms with Crippen LogP contribution in [0.1, 0.15) is 13.3 Å². The maximum atomic E-state index is 13.5. The molecule has 0 amide bonds. The molecule has 0 bridgehead atoms. The molecular weight excluding hydrogens is 193 g/mol. The predicted octanol–water partition coefficient (Wildman–Crippen LogP) is 2.76. The number of benzene rings is 1. The van der Waals surface area contributed by atoms with Gasteiger partial charge < -0.3 is 4.57 Å². The number of nitrogens with zero attached hydrogens (tertiary/aromatic N) is 1. The molecule has 78 valence electrons. The Hall–Kier alpha value is -1.64. The van der Waals surface area contributed by atoms with E-state index < -0.39 is 0 Å². The highest BCUT2D eigenvalue weighted by molar-refractivity contribution is 5.84. The molecule has 0 saturated carbocycles. The van der Waals surface area contributed by atoms with Gasteiger partial charge in [0, 0.05) is 18.0 Å². The van der Waals surface area contributed by atoms with Gasteiger partial charge in [0.1, 0.15) is 5.82 Å². The number of rotatable bonds is 3. The minimum absolute atomic E-state index is 0.107. The van der Waals surface area contributed by atoms with Crippen LogP contribution in [0.2, 0.25) is 0 Å². The minimum atomic E-state index is -0.276. The van der Waals surface area contributed by atoms with Gasteiger partial charge in [0.2, 0.25) is 0 Å². The molecule has 0 aliphatic rings. The smallest absolute Gasteiger partial charge is 0.152 e. The van der Waals surface area contributed by atoms with Gasteiger partial charge >= 0.3 is 0 Å². The molecular formula is C12H12FNO. The van der Waals surface area contributed by atoms with Crippen LogP contribution in [0.3, 0.4) is 0 Å². The lowest BCUT2D eigenvalue weighted by atomic mass is 10.2. The van der Waals surface area contributed by atoms with Crippen molar-refractivity contribution >= 4 is 16.7 Å². The number of hydrogen-bond donors (Lipinski definition) is 0. The van der Waals surface area contributed by atoms with Gasteiger partial charge in [-0.3, -0.25) is 4.79 Å². The second-order valence-electron chi connectivity index (χ2n) is 3.51. The first-order valence-corrected chi connectivity index (χ1v) is 4.97. The van der Waals surface area contributed by atoms with Gasteiger partial charge in [-0.1, -0.05) is 19.1 Å². The summed E-state index contributed by atoms with van der Waals surface area (Å²) in [6.07, 6.45) is 2.23. The molecule has 3 heteroatoms. The van der Waals surface area contributed by atoms with Crippen LogP contribution in [0.15, 0.2) is 30.5 Å². The zero-order valence-corrected chi connectivity index (χ0v) is 8.53. The molecule has 0 atom stereocenters. The maximum Gasteiger partial charge on any atom is 0.152 e.